The highest BCUT2D eigenvalue weighted by Gasteiger charge is 2.21. The lowest BCUT2D eigenvalue weighted by Crippen LogP contribution is -2.49. The van der Waals surface area contributed by atoms with Crippen LogP contribution in [-0.4, -0.2) is 53.5 Å². The largest absolute Gasteiger partial charge is 0.484 e. The fourth-order valence-electron chi connectivity index (χ4n) is 2.85. The van der Waals surface area contributed by atoms with Crippen molar-refractivity contribution in [1.82, 2.24) is 14.8 Å². The standard InChI is InChI=1S/C19H23N3O2/c1-16-4-2-3-5-18(16)24-15-19(23)22-12-10-21(11-13-22)14-17-6-8-20-9-7-17/h2-9H,10-15H2,1H3. The number of pyridine rings is 1. The van der Waals surface area contributed by atoms with Gasteiger partial charge in [0.15, 0.2) is 6.61 Å². The van der Waals surface area contributed by atoms with Crippen molar-refractivity contribution in [2.24, 2.45) is 0 Å². The first-order chi connectivity index (χ1) is 11.7. The zero-order valence-corrected chi connectivity index (χ0v) is 14.0. The van der Waals surface area contributed by atoms with E-state index in [1.54, 1.807) is 0 Å². The quantitative estimate of drug-likeness (QED) is 0.845. The number of benzene rings is 1. The van der Waals surface area contributed by atoms with Crippen molar-refractivity contribution < 1.29 is 9.53 Å². The predicted octanol–water partition coefficient (Wildman–Crippen LogP) is 2.11. The third-order valence-electron chi connectivity index (χ3n) is 4.33. The van der Waals surface area contributed by atoms with Gasteiger partial charge in [-0.1, -0.05) is 18.2 Å². The summed E-state index contributed by atoms with van der Waals surface area (Å²) in [5.41, 5.74) is 2.31. The summed E-state index contributed by atoms with van der Waals surface area (Å²) < 4.78 is 5.66. The monoisotopic (exact) mass is 325 g/mol. The Bertz CT molecular complexity index is 667. The Morgan fingerprint density at radius 2 is 1.79 bits per heavy atom. The summed E-state index contributed by atoms with van der Waals surface area (Å²) >= 11 is 0. The molecule has 2 aromatic rings. The van der Waals surface area contributed by atoms with Crippen molar-refractivity contribution in [3.8, 4) is 5.75 Å². The number of aryl methyl sites for hydroxylation is 1. The lowest BCUT2D eigenvalue weighted by atomic mass is 10.2. The van der Waals surface area contributed by atoms with E-state index < -0.39 is 0 Å². The Morgan fingerprint density at radius 1 is 1.08 bits per heavy atom. The lowest BCUT2D eigenvalue weighted by molar-refractivity contribution is -0.135. The van der Waals surface area contributed by atoms with Crippen LogP contribution in [0.15, 0.2) is 48.8 Å². The minimum atomic E-state index is 0.0572. The zero-order valence-electron chi connectivity index (χ0n) is 14.0. The Kier molecular flexibility index (Phi) is 5.43. The first-order valence-electron chi connectivity index (χ1n) is 8.30. The van der Waals surface area contributed by atoms with Crippen LogP contribution in [0.25, 0.3) is 0 Å². The van der Waals surface area contributed by atoms with Crippen LogP contribution in [0.5, 0.6) is 5.75 Å². The van der Waals surface area contributed by atoms with Gasteiger partial charge in [0.2, 0.25) is 0 Å². The van der Waals surface area contributed by atoms with Gasteiger partial charge in [-0.05, 0) is 36.2 Å². The number of hydrogen-bond donors (Lipinski definition) is 0. The number of ether oxygens (including phenoxy) is 1. The molecule has 0 spiro atoms. The molecule has 0 N–H and O–H groups in total. The van der Waals surface area contributed by atoms with E-state index in [0.717, 1.165) is 44.0 Å². The van der Waals surface area contributed by atoms with Gasteiger partial charge in [-0.2, -0.15) is 0 Å². The summed E-state index contributed by atoms with van der Waals surface area (Å²) in [6.45, 7) is 6.27. The Morgan fingerprint density at radius 3 is 2.50 bits per heavy atom. The summed E-state index contributed by atoms with van der Waals surface area (Å²) in [6.07, 6.45) is 3.63. The van der Waals surface area contributed by atoms with Gasteiger partial charge in [0.05, 0.1) is 0 Å². The summed E-state index contributed by atoms with van der Waals surface area (Å²) in [5, 5.41) is 0. The van der Waals surface area contributed by atoms with Gasteiger partial charge in [0.25, 0.3) is 5.91 Å². The number of carbonyl (C=O) groups is 1. The van der Waals surface area contributed by atoms with Crippen molar-refractivity contribution in [2.75, 3.05) is 32.8 Å². The highest BCUT2D eigenvalue weighted by atomic mass is 16.5. The van der Waals surface area contributed by atoms with Crippen molar-refractivity contribution in [1.29, 1.82) is 0 Å². The second kappa shape index (κ2) is 7.93. The lowest BCUT2D eigenvalue weighted by Gasteiger charge is -2.34. The second-order valence-corrected chi connectivity index (χ2v) is 6.07. The van der Waals surface area contributed by atoms with Crippen LogP contribution in [0.1, 0.15) is 11.1 Å². The molecule has 3 rings (SSSR count). The summed E-state index contributed by atoms with van der Waals surface area (Å²) in [6, 6.07) is 11.8. The molecule has 24 heavy (non-hydrogen) atoms. The Labute approximate surface area is 142 Å². The highest BCUT2D eigenvalue weighted by Crippen LogP contribution is 2.16. The maximum atomic E-state index is 12.3. The third kappa shape index (κ3) is 4.32. The summed E-state index contributed by atoms with van der Waals surface area (Å²) in [4.78, 5) is 20.6. The number of para-hydroxylation sites is 1. The molecule has 126 valence electrons. The van der Waals surface area contributed by atoms with Gasteiger partial charge < -0.3 is 9.64 Å². The normalized spacial score (nSPS) is 15.3. The van der Waals surface area contributed by atoms with Crippen LogP contribution in [0, 0.1) is 6.92 Å². The number of hydrogen-bond acceptors (Lipinski definition) is 4. The molecule has 5 nitrogen and oxygen atoms in total. The molecule has 0 aliphatic carbocycles. The fraction of sp³-hybridized carbons (Fsp3) is 0.368. The van der Waals surface area contributed by atoms with Gasteiger partial charge in [0, 0.05) is 45.1 Å². The number of carbonyl (C=O) groups excluding carboxylic acids is 1. The molecule has 5 heteroatoms. The van der Waals surface area contributed by atoms with E-state index in [1.807, 2.05) is 60.6 Å². The van der Waals surface area contributed by atoms with Crippen LogP contribution in [0.4, 0.5) is 0 Å². The molecule has 1 aliphatic heterocycles. The second-order valence-electron chi connectivity index (χ2n) is 6.07. The molecule has 1 amide bonds. The molecule has 0 unspecified atom stereocenters. The van der Waals surface area contributed by atoms with Crippen molar-refractivity contribution in [2.45, 2.75) is 13.5 Å². The first kappa shape index (κ1) is 16.5. The van der Waals surface area contributed by atoms with Gasteiger partial charge in [-0.15, -0.1) is 0 Å². The first-order valence-corrected chi connectivity index (χ1v) is 8.30. The van der Waals surface area contributed by atoms with Gasteiger partial charge >= 0.3 is 0 Å². The van der Waals surface area contributed by atoms with E-state index in [1.165, 1.54) is 5.56 Å². The van der Waals surface area contributed by atoms with Crippen LogP contribution < -0.4 is 4.74 Å². The van der Waals surface area contributed by atoms with Crippen LogP contribution in [0.2, 0.25) is 0 Å². The summed E-state index contributed by atoms with van der Waals surface area (Å²) in [7, 11) is 0. The SMILES string of the molecule is Cc1ccccc1OCC(=O)N1CCN(Cc2ccncc2)CC1. The van der Waals surface area contributed by atoms with Crippen molar-refractivity contribution in [3.05, 3.63) is 59.9 Å². The van der Waals surface area contributed by atoms with E-state index in [-0.39, 0.29) is 12.5 Å². The van der Waals surface area contributed by atoms with Gasteiger partial charge in [-0.25, -0.2) is 0 Å². The maximum Gasteiger partial charge on any atom is 0.260 e. The fourth-order valence-corrected chi connectivity index (χ4v) is 2.85. The number of amides is 1. The summed E-state index contributed by atoms with van der Waals surface area (Å²) in [5.74, 6) is 0.837. The van der Waals surface area contributed by atoms with E-state index in [2.05, 4.69) is 9.88 Å². The molecule has 0 saturated carbocycles. The minimum Gasteiger partial charge on any atom is -0.484 e. The molecular weight excluding hydrogens is 302 g/mol. The van der Waals surface area contributed by atoms with E-state index in [4.69, 9.17) is 4.74 Å². The van der Waals surface area contributed by atoms with Gasteiger partial charge in [0.1, 0.15) is 5.75 Å². The third-order valence-corrected chi connectivity index (χ3v) is 4.33. The Balaban J connectivity index is 1.44. The molecular formula is C19H23N3O2. The molecule has 0 radical (unpaired) electrons. The molecule has 1 saturated heterocycles. The van der Waals surface area contributed by atoms with Crippen molar-refractivity contribution in [3.63, 3.8) is 0 Å². The number of piperazine rings is 1. The Hall–Kier alpha value is -2.40. The smallest absolute Gasteiger partial charge is 0.260 e. The number of rotatable bonds is 5. The zero-order chi connectivity index (χ0) is 16.8. The molecule has 0 bridgehead atoms. The molecule has 1 fully saturated rings. The highest BCUT2D eigenvalue weighted by molar-refractivity contribution is 5.78. The molecule has 1 aromatic carbocycles. The molecule has 2 heterocycles. The average Bonchev–Trinajstić information content (AvgIpc) is 2.62. The molecule has 0 atom stereocenters. The average molecular weight is 325 g/mol. The van der Waals surface area contributed by atoms with E-state index in [0.29, 0.717) is 0 Å². The van der Waals surface area contributed by atoms with Crippen LogP contribution >= 0.6 is 0 Å². The molecule has 1 aromatic heterocycles. The number of aromatic nitrogens is 1. The maximum absolute atomic E-state index is 12.3. The predicted molar refractivity (Wildman–Crippen MR) is 92.8 cm³/mol. The van der Waals surface area contributed by atoms with Crippen molar-refractivity contribution >= 4 is 5.91 Å². The molecule has 1 aliphatic rings. The topological polar surface area (TPSA) is 45.7 Å². The van der Waals surface area contributed by atoms with Crippen LogP contribution in [0.3, 0.4) is 0 Å². The minimum absolute atomic E-state index is 0.0572. The van der Waals surface area contributed by atoms with E-state index >= 15 is 0 Å². The van der Waals surface area contributed by atoms with E-state index in [9.17, 15) is 4.79 Å². The number of nitrogens with zero attached hydrogens (tertiary/aromatic N) is 3. The van der Waals surface area contributed by atoms with Gasteiger partial charge in [-0.3, -0.25) is 14.7 Å². The van der Waals surface area contributed by atoms with Crippen LogP contribution in [-0.2, 0) is 11.3 Å².